The van der Waals surface area contributed by atoms with Gasteiger partial charge in [-0.05, 0) is 23.6 Å². The number of diazo groups is 1. The van der Waals surface area contributed by atoms with Gasteiger partial charge in [-0.15, -0.1) is 10.2 Å². The molecule has 0 aliphatic rings. The molecule has 0 amide bonds. The Morgan fingerprint density at radius 2 is 1.21 bits per heavy atom. The summed E-state index contributed by atoms with van der Waals surface area (Å²) in [5.41, 5.74) is 2.09. The molecule has 0 saturated heterocycles. The molecule has 4 aromatic rings. The van der Waals surface area contributed by atoms with Crippen LogP contribution in [-0.2, 0) is 0 Å². The first-order chi connectivity index (χ1) is 11.9. The summed E-state index contributed by atoms with van der Waals surface area (Å²) < 4.78 is 0. The molecule has 0 unspecified atom stereocenters. The Balaban J connectivity index is 1.85. The SMILES string of the molecule is N#[N+]c1ccc(N=Nc2cccc3ccccc23)c2ccccc12. The van der Waals surface area contributed by atoms with Gasteiger partial charge in [0.1, 0.15) is 0 Å². The fourth-order valence-electron chi connectivity index (χ4n) is 2.84. The van der Waals surface area contributed by atoms with Crippen LogP contribution in [-0.4, -0.2) is 0 Å². The van der Waals surface area contributed by atoms with Crippen LogP contribution in [0.15, 0.2) is 89.1 Å². The molecule has 0 radical (unpaired) electrons. The predicted octanol–water partition coefficient (Wildman–Crippen LogP) is 6.89. The first-order valence-corrected chi connectivity index (χ1v) is 7.63. The highest BCUT2D eigenvalue weighted by Crippen LogP contribution is 2.35. The standard InChI is InChI=1S/C20H13N4/c21-22-18-12-13-20(17-10-4-3-9-16(17)18)24-23-19-11-5-7-14-6-1-2-8-15(14)19/h1-13H/q+1. The molecule has 4 aromatic carbocycles. The van der Waals surface area contributed by atoms with Gasteiger partial charge in [0.25, 0.3) is 0 Å². The number of fused-ring (bicyclic) bond motifs is 2. The molecule has 0 aliphatic heterocycles. The second kappa shape index (κ2) is 5.90. The second-order valence-electron chi connectivity index (χ2n) is 5.45. The molecule has 0 spiro atoms. The van der Waals surface area contributed by atoms with E-state index < -0.39 is 0 Å². The molecule has 0 saturated carbocycles. The summed E-state index contributed by atoms with van der Waals surface area (Å²) in [6.07, 6.45) is 0. The molecule has 0 aromatic heterocycles. The van der Waals surface area contributed by atoms with E-state index in [1.165, 1.54) is 0 Å². The third-order valence-corrected chi connectivity index (χ3v) is 4.02. The third-order valence-electron chi connectivity index (χ3n) is 4.02. The minimum absolute atomic E-state index is 0.523. The van der Waals surface area contributed by atoms with Gasteiger partial charge in [0.2, 0.25) is 5.39 Å². The highest BCUT2D eigenvalue weighted by molar-refractivity contribution is 6.01. The Bertz CT molecular complexity index is 1120. The van der Waals surface area contributed by atoms with E-state index in [1.807, 2.05) is 60.7 Å². The molecule has 4 heteroatoms. The van der Waals surface area contributed by atoms with E-state index >= 15 is 0 Å². The second-order valence-corrected chi connectivity index (χ2v) is 5.45. The van der Waals surface area contributed by atoms with Gasteiger partial charge < -0.3 is 0 Å². The zero-order valence-corrected chi connectivity index (χ0v) is 12.8. The molecule has 0 bridgehead atoms. The zero-order valence-electron chi connectivity index (χ0n) is 12.8. The van der Waals surface area contributed by atoms with Crippen LogP contribution in [0.3, 0.4) is 0 Å². The summed E-state index contributed by atoms with van der Waals surface area (Å²) in [7, 11) is 0. The molecular formula is C20H13N4+. The number of nitrogens with zero attached hydrogens (tertiary/aromatic N) is 4. The van der Waals surface area contributed by atoms with E-state index in [0.29, 0.717) is 5.69 Å². The van der Waals surface area contributed by atoms with E-state index in [0.717, 1.165) is 32.9 Å². The van der Waals surface area contributed by atoms with Gasteiger partial charge in [0, 0.05) is 16.8 Å². The van der Waals surface area contributed by atoms with Crippen molar-refractivity contribution in [2.75, 3.05) is 0 Å². The molecule has 0 N–H and O–H groups in total. The summed E-state index contributed by atoms with van der Waals surface area (Å²) in [6.45, 7) is 0. The lowest BCUT2D eigenvalue weighted by Gasteiger charge is -2.01. The van der Waals surface area contributed by atoms with Crippen molar-refractivity contribution in [1.82, 2.24) is 0 Å². The van der Waals surface area contributed by atoms with Crippen molar-refractivity contribution < 1.29 is 0 Å². The number of azo groups is 1. The van der Waals surface area contributed by atoms with Crippen molar-refractivity contribution in [3.05, 3.63) is 83.8 Å². The highest BCUT2D eigenvalue weighted by atomic mass is 15.1. The molecule has 24 heavy (non-hydrogen) atoms. The summed E-state index contributed by atoms with van der Waals surface area (Å²) in [5, 5.41) is 21.9. The summed E-state index contributed by atoms with van der Waals surface area (Å²) in [6, 6.07) is 25.3. The fourth-order valence-corrected chi connectivity index (χ4v) is 2.84. The minimum atomic E-state index is 0.523. The Morgan fingerprint density at radius 3 is 2.00 bits per heavy atom. The van der Waals surface area contributed by atoms with Gasteiger partial charge in [-0.1, -0.05) is 54.6 Å². The average Bonchev–Trinajstić information content (AvgIpc) is 2.66. The van der Waals surface area contributed by atoms with Crippen LogP contribution in [0.1, 0.15) is 0 Å². The smallest absolute Gasteiger partial charge is 0.150 e. The van der Waals surface area contributed by atoms with Crippen molar-refractivity contribution in [1.29, 1.82) is 5.39 Å². The van der Waals surface area contributed by atoms with Crippen molar-refractivity contribution in [2.24, 2.45) is 10.2 Å². The van der Waals surface area contributed by atoms with Crippen LogP contribution in [0.2, 0.25) is 0 Å². The molecule has 112 valence electrons. The average molecular weight is 309 g/mol. The van der Waals surface area contributed by atoms with Crippen LogP contribution >= 0.6 is 0 Å². The summed E-state index contributed by atoms with van der Waals surface area (Å²) >= 11 is 0. The Kier molecular flexibility index (Phi) is 3.45. The largest absolute Gasteiger partial charge is 0.392 e. The van der Waals surface area contributed by atoms with Gasteiger partial charge >= 0.3 is 5.69 Å². The lowest BCUT2D eigenvalue weighted by molar-refractivity contribution is 1.25. The van der Waals surface area contributed by atoms with E-state index in [4.69, 9.17) is 5.39 Å². The number of hydrogen-bond acceptors (Lipinski definition) is 3. The molecule has 4 nitrogen and oxygen atoms in total. The van der Waals surface area contributed by atoms with Gasteiger partial charge in [-0.3, -0.25) is 0 Å². The van der Waals surface area contributed by atoms with Crippen molar-refractivity contribution in [3.63, 3.8) is 0 Å². The van der Waals surface area contributed by atoms with Crippen molar-refractivity contribution >= 4 is 38.6 Å². The Hall–Kier alpha value is -3.58. The Labute approximate surface area is 138 Å². The van der Waals surface area contributed by atoms with Crippen LogP contribution in [0.5, 0.6) is 0 Å². The lowest BCUT2D eigenvalue weighted by Crippen LogP contribution is -1.75. The topological polar surface area (TPSA) is 52.9 Å². The van der Waals surface area contributed by atoms with Gasteiger partial charge in [0.05, 0.1) is 16.8 Å². The summed E-state index contributed by atoms with van der Waals surface area (Å²) in [4.78, 5) is 3.33. The number of hydrogen-bond donors (Lipinski definition) is 0. The normalized spacial score (nSPS) is 11.1. The first kappa shape index (κ1) is 14.0. The maximum atomic E-state index is 9.12. The van der Waals surface area contributed by atoms with Crippen molar-refractivity contribution in [3.8, 4) is 0 Å². The monoisotopic (exact) mass is 309 g/mol. The lowest BCUT2D eigenvalue weighted by atomic mass is 10.1. The molecular weight excluding hydrogens is 296 g/mol. The van der Waals surface area contributed by atoms with Gasteiger partial charge in [-0.2, -0.15) is 0 Å². The predicted molar refractivity (Wildman–Crippen MR) is 96.8 cm³/mol. The molecule has 0 atom stereocenters. The zero-order chi connectivity index (χ0) is 16.4. The van der Waals surface area contributed by atoms with Crippen LogP contribution < -0.4 is 0 Å². The molecule has 0 heterocycles. The van der Waals surface area contributed by atoms with E-state index in [-0.39, 0.29) is 0 Å². The number of benzene rings is 4. The summed E-state index contributed by atoms with van der Waals surface area (Å²) in [5.74, 6) is 0. The third kappa shape index (κ3) is 2.38. The van der Waals surface area contributed by atoms with Crippen LogP contribution in [0.4, 0.5) is 17.1 Å². The van der Waals surface area contributed by atoms with E-state index in [1.54, 1.807) is 6.07 Å². The van der Waals surface area contributed by atoms with E-state index in [9.17, 15) is 0 Å². The van der Waals surface area contributed by atoms with Crippen LogP contribution in [0.25, 0.3) is 26.5 Å². The highest BCUT2D eigenvalue weighted by Gasteiger charge is 2.13. The first-order valence-electron chi connectivity index (χ1n) is 7.63. The van der Waals surface area contributed by atoms with Gasteiger partial charge in [-0.25, -0.2) is 0 Å². The fraction of sp³-hybridized carbons (Fsp3) is 0. The quantitative estimate of drug-likeness (QED) is 0.293. The molecule has 4 rings (SSSR count). The van der Waals surface area contributed by atoms with Gasteiger partial charge in [0.15, 0.2) is 4.98 Å². The molecule has 0 fully saturated rings. The molecule has 0 aliphatic carbocycles. The minimum Gasteiger partial charge on any atom is -0.150 e. The number of rotatable bonds is 2. The maximum Gasteiger partial charge on any atom is 0.392 e. The van der Waals surface area contributed by atoms with Crippen molar-refractivity contribution in [2.45, 2.75) is 0 Å². The Morgan fingerprint density at radius 1 is 0.583 bits per heavy atom. The van der Waals surface area contributed by atoms with E-state index in [2.05, 4.69) is 27.3 Å². The maximum absolute atomic E-state index is 9.12. The van der Waals surface area contributed by atoms with Crippen LogP contribution in [0, 0.1) is 5.39 Å².